The Bertz CT molecular complexity index is 1340. The molecular formula is C34H44F3N3O4. The number of benzene rings is 2. The van der Waals surface area contributed by atoms with E-state index >= 15 is 0 Å². The Hall–Kier alpha value is -3.69. The first kappa shape index (κ1) is 34.8. The molecule has 1 atom stereocenters. The Labute approximate surface area is 257 Å². The molecule has 0 bridgehead atoms. The topological polar surface area (TPSA) is 96.5 Å². The van der Waals surface area contributed by atoms with Crippen molar-refractivity contribution in [1.82, 2.24) is 15.0 Å². The molecule has 44 heavy (non-hydrogen) atoms. The van der Waals surface area contributed by atoms with Crippen LogP contribution in [0.15, 0.2) is 53.1 Å². The van der Waals surface area contributed by atoms with Gasteiger partial charge in [0.15, 0.2) is 5.82 Å². The van der Waals surface area contributed by atoms with Gasteiger partial charge < -0.3 is 14.5 Å². The molecule has 2 aromatic carbocycles. The first-order chi connectivity index (χ1) is 20.9. The highest BCUT2D eigenvalue weighted by molar-refractivity contribution is 6.31. The molecule has 1 aromatic heterocycles. The summed E-state index contributed by atoms with van der Waals surface area (Å²) in [4.78, 5) is 30.7. The van der Waals surface area contributed by atoms with Gasteiger partial charge in [-0.1, -0.05) is 94.6 Å². The molecule has 7 nitrogen and oxygen atoms in total. The smallest absolute Gasteiger partial charge is 0.416 e. The molecule has 0 fully saturated rings. The van der Waals surface area contributed by atoms with E-state index in [4.69, 9.17) is 4.52 Å². The second-order valence-corrected chi connectivity index (χ2v) is 11.8. The lowest BCUT2D eigenvalue weighted by Crippen LogP contribution is -2.50. The lowest BCUT2D eigenvalue weighted by Gasteiger charge is -2.43. The number of carbonyl (C=O) groups excluding carboxylic acids is 1. The molecule has 0 spiro atoms. The van der Waals surface area contributed by atoms with Gasteiger partial charge in [-0.2, -0.15) is 18.2 Å². The third-order valence-electron chi connectivity index (χ3n) is 8.14. The number of aromatic nitrogens is 2. The van der Waals surface area contributed by atoms with Crippen LogP contribution < -0.4 is 0 Å². The standard InChI is InChI=1S/C34H44F3N3O4/c1-5-7-8-9-10-11-12-13-14-15-29-38-30(44-39-29)25-18-16-24(17-19-25)28(6-2)40(31(41)32(42)43)33(3,4)26-20-22-27(23-21-26)34(35,36)37/h16-23,28H,5-15H2,1-4H3,(H,42,43). The van der Waals surface area contributed by atoms with Gasteiger partial charge >= 0.3 is 18.1 Å². The molecule has 1 amide bonds. The van der Waals surface area contributed by atoms with Crippen molar-refractivity contribution in [3.8, 4) is 11.5 Å². The van der Waals surface area contributed by atoms with Crippen LogP contribution in [0.3, 0.4) is 0 Å². The van der Waals surface area contributed by atoms with Crippen LogP contribution in [0.4, 0.5) is 13.2 Å². The molecule has 0 saturated carbocycles. The molecule has 3 aromatic rings. The number of carboxylic acid groups (broad SMARTS) is 1. The minimum atomic E-state index is -4.51. The Morgan fingerprint density at radius 3 is 1.91 bits per heavy atom. The van der Waals surface area contributed by atoms with Crippen LogP contribution in [0, 0.1) is 0 Å². The van der Waals surface area contributed by atoms with E-state index in [1.807, 2.05) is 6.92 Å². The molecule has 1 heterocycles. The fourth-order valence-corrected chi connectivity index (χ4v) is 5.58. The molecule has 0 saturated heterocycles. The Balaban J connectivity index is 1.71. The lowest BCUT2D eigenvalue weighted by atomic mass is 9.87. The second-order valence-electron chi connectivity index (χ2n) is 11.8. The fourth-order valence-electron chi connectivity index (χ4n) is 5.58. The fraction of sp³-hybridized carbons (Fsp3) is 0.529. The minimum Gasteiger partial charge on any atom is -0.474 e. The van der Waals surface area contributed by atoms with Crippen LogP contribution in [0.2, 0.25) is 0 Å². The highest BCUT2D eigenvalue weighted by atomic mass is 19.4. The maximum Gasteiger partial charge on any atom is 0.416 e. The van der Waals surface area contributed by atoms with Crippen molar-refractivity contribution in [2.75, 3.05) is 0 Å². The summed E-state index contributed by atoms with van der Waals surface area (Å²) in [6.07, 6.45) is 7.66. The normalized spacial score (nSPS) is 12.7. The summed E-state index contributed by atoms with van der Waals surface area (Å²) in [5.41, 5.74) is -0.337. The molecule has 1 N–H and O–H groups in total. The van der Waals surface area contributed by atoms with Crippen LogP contribution in [0.1, 0.15) is 120 Å². The van der Waals surface area contributed by atoms with Crippen LogP contribution in [-0.2, 0) is 27.7 Å². The van der Waals surface area contributed by atoms with Gasteiger partial charge in [-0.3, -0.25) is 4.79 Å². The number of hydrogen-bond acceptors (Lipinski definition) is 5. The molecule has 0 radical (unpaired) electrons. The monoisotopic (exact) mass is 615 g/mol. The molecule has 10 heteroatoms. The largest absolute Gasteiger partial charge is 0.474 e. The first-order valence-corrected chi connectivity index (χ1v) is 15.6. The van der Waals surface area contributed by atoms with Crippen molar-refractivity contribution < 1.29 is 32.4 Å². The van der Waals surface area contributed by atoms with E-state index in [0.29, 0.717) is 34.8 Å². The number of aryl methyl sites for hydroxylation is 1. The van der Waals surface area contributed by atoms with Crippen LogP contribution in [0.25, 0.3) is 11.5 Å². The number of amides is 1. The van der Waals surface area contributed by atoms with Crippen molar-refractivity contribution in [2.45, 2.75) is 116 Å². The average Bonchev–Trinajstić information content (AvgIpc) is 3.47. The number of alkyl halides is 3. The van der Waals surface area contributed by atoms with Gasteiger partial charge in [-0.25, -0.2) is 4.79 Å². The van der Waals surface area contributed by atoms with Crippen LogP contribution in [0.5, 0.6) is 0 Å². The van der Waals surface area contributed by atoms with Gasteiger partial charge in [-0.15, -0.1) is 0 Å². The van der Waals surface area contributed by atoms with Crippen molar-refractivity contribution in [3.05, 3.63) is 71.0 Å². The highest BCUT2D eigenvalue weighted by Crippen LogP contribution is 2.39. The second kappa shape index (κ2) is 15.9. The van der Waals surface area contributed by atoms with E-state index in [0.717, 1.165) is 31.4 Å². The Morgan fingerprint density at radius 1 is 0.841 bits per heavy atom. The first-order valence-electron chi connectivity index (χ1n) is 15.6. The molecule has 240 valence electrons. The number of aliphatic carboxylic acids is 1. The number of nitrogens with zero attached hydrogens (tertiary/aromatic N) is 3. The number of halogens is 3. The SMILES string of the molecule is CCCCCCCCCCCc1noc(-c2ccc(C(CC)N(C(=O)C(=O)O)C(C)(C)c3ccc(C(F)(F)F)cc3)cc2)n1. The van der Waals surface area contributed by atoms with Crippen molar-refractivity contribution in [2.24, 2.45) is 0 Å². The van der Waals surface area contributed by atoms with Gasteiger partial charge in [-0.05, 0) is 62.1 Å². The molecule has 0 aliphatic rings. The average molecular weight is 616 g/mol. The van der Waals surface area contributed by atoms with Crippen molar-refractivity contribution in [3.63, 3.8) is 0 Å². The van der Waals surface area contributed by atoms with E-state index in [-0.39, 0.29) is 0 Å². The van der Waals surface area contributed by atoms with E-state index in [1.165, 1.54) is 62.0 Å². The van der Waals surface area contributed by atoms with Gasteiger partial charge in [0.1, 0.15) is 0 Å². The summed E-state index contributed by atoms with van der Waals surface area (Å²) in [7, 11) is 0. The molecular weight excluding hydrogens is 571 g/mol. The zero-order chi connectivity index (χ0) is 32.3. The van der Waals surface area contributed by atoms with Gasteiger partial charge in [0.2, 0.25) is 0 Å². The maximum atomic E-state index is 13.1. The predicted octanol–water partition coefficient (Wildman–Crippen LogP) is 9.13. The van der Waals surface area contributed by atoms with Gasteiger partial charge in [0.25, 0.3) is 5.89 Å². The lowest BCUT2D eigenvalue weighted by molar-refractivity contribution is -0.161. The minimum absolute atomic E-state index is 0.367. The highest BCUT2D eigenvalue weighted by Gasteiger charge is 2.41. The number of carbonyl (C=O) groups is 2. The van der Waals surface area contributed by atoms with Crippen molar-refractivity contribution >= 4 is 11.9 Å². The molecule has 0 aliphatic carbocycles. The number of rotatable bonds is 16. The van der Waals surface area contributed by atoms with E-state index in [2.05, 4.69) is 17.1 Å². The van der Waals surface area contributed by atoms with Gasteiger partial charge in [0, 0.05) is 12.0 Å². The third kappa shape index (κ3) is 9.16. The summed E-state index contributed by atoms with van der Waals surface area (Å²) >= 11 is 0. The third-order valence-corrected chi connectivity index (χ3v) is 8.14. The summed E-state index contributed by atoms with van der Waals surface area (Å²) in [6.45, 7) is 7.29. The predicted molar refractivity (Wildman–Crippen MR) is 163 cm³/mol. The van der Waals surface area contributed by atoms with Gasteiger partial charge in [0.05, 0.1) is 17.1 Å². The van der Waals surface area contributed by atoms with Crippen molar-refractivity contribution in [1.29, 1.82) is 0 Å². The van der Waals surface area contributed by atoms with E-state index in [1.54, 1.807) is 38.1 Å². The zero-order valence-electron chi connectivity index (χ0n) is 26.1. The molecule has 0 aliphatic heterocycles. The molecule has 1 unspecified atom stereocenters. The van der Waals surface area contributed by atoms with Crippen LogP contribution >= 0.6 is 0 Å². The van der Waals surface area contributed by atoms with E-state index in [9.17, 15) is 27.9 Å². The van der Waals surface area contributed by atoms with E-state index < -0.39 is 35.2 Å². The zero-order valence-corrected chi connectivity index (χ0v) is 26.1. The van der Waals surface area contributed by atoms with Crippen LogP contribution in [-0.4, -0.2) is 32.0 Å². The Morgan fingerprint density at radius 2 is 1.39 bits per heavy atom. The summed E-state index contributed by atoms with van der Waals surface area (Å²) in [5, 5.41) is 13.8. The summed E-state index contributed by atoms with van der Waals surface area (Å²) in [5.74, 6) is -1.77. The summed E-state index contributed by atoms with van der Waals surface area (Å²) < 4.78 is 44.9. The number of unbranched alkanes of at least 4 members (excludes halogenated alkanes) is 8. The number of carboxylic acids is 1. The maximum absolute atomic E-state index is 13.1. The Kier molecular flexibility index (Phi) is 12.5. The number of hydrogen-bond donors (Lipinski definition) is 1. The quantitative estimate of drug-likeness (QED) is 0.128. The summed E-state index contributed by atoms with van der Waals surface area (Å²) in [6, 6.07) is 10.9. The molecule has 3 rings (SSSR count).